The monoisotopic (exact) mass is 329 g/mol. The van der Waals surface area contributed by atoms with E-state index in [2.05, 4.69) is 59.4 Å². The maximum Gasteiger partial charge on any atom is 0.107 e. The number of aryl methyl sites for hydroxylation is 2. The van der Waals surface area contributed by atoms with Crippen LogP contribution in [-0.4, -0.2) is 0 Å². The molecule has 0 fully saturated rings. The second kappa shape index (κ2) is 5.42. The van der Waals surface area contributed by atoms with Crippen molar-refractivity contribution >= 4 is 44.6 Å². The van der Waals surface area contributed by atoms with Gasteiger partial charge in [0.1, 0.15) is 4.34 Å². The molecule has 0 atom stereocenters. The van der Waals surface area contributed by atoms with Crippen LogP contribution in [0.2, 0.25) is 4.34 Å². The van der Waals surface area contributed by atoms with E-state index in [4.69, 9.17) is 11.6 Å². The van der Waals surface area contributed by atoms with Crippen LogP contribution in [0.1, 0.15) is 16.0 Å². The zero-order chi connectivity index (χ0) is 12.4. The van der Waals surface area contributed by atoms with Crippen LogP contribution in [0.5, 0.6) is 0 Å². The quantitative estimate of drug-likeness (QED) is 0.795. The highest BCUT2D eigenvalue weighted by Gasteiger charge is 2.05. The summed E-state index contributed by atoms with van der Waals surface area (Å²) in [5.41, 5.74) is 3.71. The Bertz CT molecular complexity index is 517. The van der Waals surface area contributed by atoms with Crippen LogP contribution in [0.25, 0.3) is 0 Å². The number of thiophene rings is 1. The topological polar surface area (TPSA) is 12.0 Å². The third-order valence-electron chi connectivity index (χ3n) is 2.54. The maximum absolute atomic E-state index is 6.01. The molecule has 17 heavy (non-hydrogen) atoms. The van der Waals surface area contributed by atoms with Gasteiger partial charge in [-0.25, -0.2) is 0 Å². The number of rotatable bonds is 3. The standard InChI is InChI=1S/C13H13BrClNS/c1-8-3-4-9(2)12(5-8)16-7-10-6-11(14)13(15)17-10/h3-6,16H,7H2,1-2H3. The zero-order valence-corrected chi connectivity index (χ0v) is 12.8. The Kier molecular flexibility index (Phi) is 4.13. The summed E-state index contributed by atoms with van der Waals surface area (Å²) in [6, 6.07) is 8.48. The minimum Gasteiger partial charge on any atom is -0.380 e. The molecule has 0 aliphatic carbocycles. The third-order valence-corrected chi connectivity index (χ3v) is 5.02. The van der Waals surface area contributed by atoms with E-state index in [1.807, 2.05) is 0 Å². The summed E-state index contributed by atoms with van der Waals surface area (Å²) in [4.78, 5) is 1.22. The molecule has 0 saturated carbocycles. The minimum atomic E-state index is 0.806. The van der Waals surface area contributed by atoms with E-state index in [-0.39, 0.29) is 0 Å². The van der Waals surface area contributed by atoms with Crippen molar-refractivity contribution in [3.63, 3.8) is 0 Å². The first-order valence-electron chi connectivity index (χ1n) is 5.31. The largest absolute Gasteiger partial charge is 0.380 e. The Morgan fingerprint density at radius 3 is 2.71 bits per heavy atom. The lowest BCUT2D eigenvalue weighted by Gasteiger charge is -2.09. The first-order valence-corrected chi connectivity index (χ1v) is 7.30. The van der Waals surface area contributed by atoms with E-state index in [1.165, 1.54) is 21.7 Å². The normalized spacial score (nSPS) is 10.6. The van der Waals surface area contributed by atoms with E-state index in [0.717, 1.165) is 15.4 Å². The fraction of sp³-hybridized carbons (Fsp3) is 0.231. The van der Waals surface area contributed by atoms with Gasteiger partial charge in [0.25, 0.3) is 0 Å². The minimum absolute atomic E-state index is 0.806. The van der Waals surface area contributed by atoms with Gasteiger partial charge in [0.15, 0.2) is 0 Å². The van der Waals surface area contributed by atoms with Crippen molar-refractivity contribution in [2.75, 3.05) is 5.32 Å². The molecular weight excluding hydrogens is 318 g/mol. The van der Waals surface area contributed by atoms with Gasteiger partial charge in [0.05, 0.1) is 0 Å². The summed E-state index contributed by atoms with van der Waals surface area (Å²) in [7, 11) is 0. The molecule has 0 aliphatic rings. The van der Waals surface area contributed by atoms with Gasteiger partial charge in [-0.05, 0) is 53.0 Å². The van der Waals surface area contributed by atoms with Gasteiger partial charge in [0, 0.05) is 21.6 Å². The van der Waals surface area contributed by atoms with Crippen LogP contribution < -0.4 is 5.32 Å². The van der Waals surface area contributed by atoms with Crippen molar-refractivity contribution in [2.45, 2.75) is 20.4 Å². The molecule has 4 heteroatoms. The van der Waals surface area contributed by atoms with E-state index in [9.17, 15) is 0 Å². The molecule has 1 aromatic heterocycles. The van der Waals surface area contributed by atoms with Gasteiger partial charge < -0.3 is 5.32 Å². The lowest BCUT2D eigenvalue weighted by molar-refractivity contribution is 1.17. The fourth-order valence-corrected chi connectivity index (χ4v) is 3.32. The van der Waals surface area contributed by atoms with Crippen LogP contribution in [0.4, 0.5) is 5.69 Å². The van der Waals surface area contributed by atoms with Gasteiger partial charge >= 0.3 is 0 Å². The van der Waals surface area contributed by atoms with E-state index in [1.54, 1.807) is 11.3 Å². The van der Waals surface area contributed by atoms with E-state index >= 15 is 0 Å². The molecule has 0 saturated heterocycles. The fourth-order valence-electron chi connectivity index (χ4n) is 1.59. The van der Waals surface area contributed by atoms with Crippen LogP contribution in [0, 0.1) is 13.8 Å². The van der Waals surface area contributed by atoms with Gasteiger partial charge in [-0.2, -0.15) is 0 Å². The Balaban J connectivity index is 2.09. The predicted octanol–water partition coefficient (Wildman–Crippen LogP) is 5.39. The Morgan fingerprint density at radius 2 is 2.06 bits per heavy atom. The summed E-state index contributed by atoms with van der Waals surface area (Å²) in [6.45, 7) is 5.02. The van der Waals surface area contributed by atoms with Crippen molar-refractivity contribution in [3.8, 4) is 0 Å². The van der Waals surface area contributed by atoms with E-state index < -0.39 is 0 Å². The Hall–Kier alpha value is -0.510. The van der Waals surface area contributed by atoms with Crippen molar-refractivity contribution in [3.05, 3.63) is 49.1 Å². The highest BCUT2D eigenvalue weighted by Crippen LogP contribution is 2.32. The zero-order valence-electron chi connectivity index (χ0n) is 9.68. The van der Waals surface area contributed by atoms with Gasteiger partial charge in [-0.3, -0.25) is 0 Å². The highest BCUT2D eigenvalue weighted by molar-refractivity contribution is 9.10. The second-order valence-corrected chi connectivity index (χ2v) is 6.60. The number of hydrogen-bond donors (Lipinski definition) is 1. The molecular formula is C13H13BrClNS. The molecule has 1 aromatic carbocycles. The number of benzene rings is 1. The average molecular weight is 331 g/mol. The average Bonchev–Trinajstić information content (AvgIpc) is 2.60. The Labute approximate surface area is 119 Å². The van der Waals surface area contributed by atoms with Crippen molar-refractivity contribution in [1.29, 1.82) is 0 Å². The molecule has 0 unspecified atom stereocenters. The van der Waals surface area contributed by atoms with Crippen molar-refractivity contribution < 1.29 is 0 Å². The van der Waals surface area contributed by atoms with Crippen LogP contribution >= 0.6 is 38.9 Å². The highest BCUT2D eigenvalue weighted by atomic mass is 79.9. The summed E-state index contributed by atoms with van der Waals surface area (Å²) in [5.74, 6) is 0. The Morgan fingerprint density at radius 1 is 1.29 bits per heavy atom. The first kappa shape index (κ1) is 12.9. The summed E-state index contributed by atoms with van der Waals surface area (Å²) in [6.07, 6.45) is 0. The van der Waals surface area contributed by atoms with Crippen molar-refractivity contribution in [1.82, 2.24) is 0 Å². The number of halogens is 2. The third kappa shape index (κ3) is 3.24. The maximum atomic E-state index is 6.01. The van der Waals surface area contributed by atoms with Gasteiger partial charge in [0.2, 0.25) is 0 Å². The molecule has 0 radical (unpaired) electrons. The summed E-state index contributed by atoms with van der Waals surface area (Å²) >= 11 is 11.0. The molecule has 2 rings (SSSR count). The molecule has 0 amide bonds. The summed E-state index contributed by atoms with van der Waals surface area (Å²) < 4.78 is 1.78. The number of hydrogen-bond acceptors (Lipinski definition) is 2. The molecule has 1 nitrogen and oxygen atoms in total. The lowest BCUT2D eigenvalue weighted by Crippen LogP contribution is -1.99. The van der Waals surface area contributed by atoms with E-state index in [0.29, 0.717) is 0 Å². The van der Waals surface area contributed by atoms with Crippen LogP contribution in [0.15, 0.2) is 28.7 Å². The molecule has 0 bridgehead atoms. The molecule has 2 aromatic rings. The molecule has 0 spiro atoms. The SMILES string of the molecule is Cc1ccc(C)c(NCc2cc(Br)c(Cl)s2)c1. The van der Waals surface area contributed by atoms with Crippen molar-refractivity contribution in [2.24, 2.45) is 0 Å². The van der Waals surface area contributed by atoms with Crippen LogP contribution in [0.3, 0.4) is 0 Å². The van der Waals surface area contributed by atoms with Gasteiger partial charge in [-0.1, -0.05) is 23.7 Å². The molecule has 90 valence electrons. The smallest absolute Gasteiger partial charge is 0.107 e. The second-order valence-electron chi connectivity index (χ2n) is 4.01. The molecule has 1 heterocycles. The molecule has 1 N–H and O–H groups in total. The lowest BCUT2D eigenvalue weighted by atomic mass is 10.1. The number of anilines is 1. The summed E-state index contributed by atoms with van der Waals surface area (Å²) in [5, 5.41) is 3.44. The first-order chi connectivity index (χ1) is 8.06. The number of nitrogens with one attached hydrogen (secondary N) is 1. The van der Waals surface area contributed by atoms with Crippen LogP contribution in [-0.2, 0) is 6.54 Å². The molecule has 0 aliphatic heterocycles. The van der Waals surface area contributed by atoms with Gasteiger partial charge in [-0.15, -0.1) is 11.3 Å². The predicted molar refractivity (Wildman–Crippen MR) is 80.3 cm³/mol.